The van der Waals surface area contributed by atoms with Crippen molar-refractivity contribution in [3.05, 3.63) is 33.9 Å². The SMILES string of the molecule is CCN1CCN(c2ccc([N+](=O)[O-])c(C(=O)O)c2)CC1C. The number of hydrogen-bond acceptors (Lipinski definition) is 5. The van der Waals surface area contributed by atoms with Gasteiger partial charge in [0.15, 0.2) is 0 Å². The van der Waals surface area contributed by atoms with Crippen LogP contribution in [0.4, 0.5) is 11.4 Å². The Morgan fingerprint density at radius 2 is 2.19 bits per heavy atom. The zero-order chi connectivity index (χ0) is 15.6. The van der Waals surface area contributed by atoms with E-state index in [1.807, 2.05) is 0 Å². The first kappa shape index (κ1) is 15.2. The molecule has 1 saturated heterocycles. The van der Waals surface area contributed by atoms with Crippen molar-refractivity contribution in [1.29, 1.82) is 0 Å². The van der Waals surface area contributed by atoms with Crippen LogP contribution in [0, 0.1) is 10.1 Å². The quantitative estimate of drug-likeness (QED) is 0.673. The first-order valence-electron chi connectivity index (χ1n) is 6.94. The maximum absolute atomic E-state index is 11.2. The molecule has 0 amide bonds. The minimum absolute atomic E-state index is 0.261. The molecule has 1 aromatic carbocycles. The predicted molar refractivity (Wildman–Crippen MR) is 79.0 cm³/mol. The van der Waals surface area contributed by atoms with E-state index in [9.17, 15) is 14.9 Å². The van der Waals surface area contributed by atoms with Crippen molar-refractivity contribution in [3.8, 4) is 0 Å². The summed E-state index contributed by atoms with van der Waals surface area (Å²) >= 11 is 0. The molecule has 1 aromatic rings. The number of hydrogen-bond donors (Lipinski definition) is 1. The Labute approximate surface area is 122 Å². The molecule has 0 saturated carbocycles. The van der Waals surface area contributed by atoms with Crippen LogP contribution in [0.25, 0.3) is 0 Å². The molecule has 1 aliphatic heterocycles. The van der Waals surface area contributed by atoms with Crippen LogP contribution in [0.5, 0.6) is 0 Å². The molecular weight excluding hydrogens is 274 g/mol. The fourth-order valence-electron chi connectivity index (χ4n) is 2.75. The van der Waals surface area contributed by atoms with Crippen LogP contribution in [-0.4, -0.2) is 53.1 Å². The smallest absolute Gasteiger partial charge is 0.342 e. The van der Waals surface area contributed by atoms with Gasteiger partial charge in [-0.1, -0.05) is 6.92 Å². The van der Waals surface area contributed by atoms with Crippen molar-refractivity contribution < 1.29 is 14.8 Å². The molecule has 0 bridgehead atoms. The van der Waals surface area contributed by atoms with Crippen LogP contribution >= 0.6 is 0 Å². The van der Waals surface area contributed by atoms with Crippen molar-refractivity contribution in [2.75, 3.05) is 31.1 Å². The van der Waals surface area contributed by atoms with Gasteiger partial charge in [-0.25, -0.2) is 4.79 Å². The lowest BCUT2D eigenvalue weighted by Gasteiger charge is -2.40. The number of nitro groups is 1. The summed E-state index contributed by atoms with van der Waals surface area (Å²) in [6, 6.07) is 4.66. The summed E-state index contributed by atoms with van der Waals surface area (Å²) < 4.78 is 0. The molecule has 1 aliphatic rings. The van der Waals surface area contributed by atoms with Gasteiger partial charge in [0.05, 0.1) is 4.92 Å². The van der Waals surface area contributed by atoms with Gasteiger partial charge >= 0.3 is 5.97 Å². The summed E-state index contributed by atoms with van der Waals surface area (Å²) in [5, 5.41) is 20.0. The second-order valence-electron chi connectivity index (χ2n) is 5.19. The van der Waals surface area contributed by atoms with E-state index in [1.165, 1.54) is 12.1 Å². The zero-order valence-corrected chi connectivity index (χ0v) is 12.2. The molecule has 1 heterocycles. The van der Waals surface area contributed by atoms with E-state index in [4.69, 9.17) is 5.11 Å². The molecule has 114 valence electrons. The highest BCUT2D eigenvalue weighted by Gasteiger charge is 2.25. The third-order valence-electron chi connectivity index (χ3n) is 3.94. The Morgan fingerprint density at radius 1 is 1.48 bits per heavy atom. The number of carboxylic acids is 1. The zero-order valence-electron chi connectivity index (χ0n) is 12.2. The molecule has 1 atom stereocenters. The topological polar surface area (TPSA) is 86.9 Å². The first-order chi connectivity index (χ1) is 9.93. The monoisotopic (exact) mass is 293 g/mol. The van der Waals surface area contributed by atoms with Gasteiger partial charge in [-0.05, 0) is 25.6 Å². The van der Waals surface area contributed by atoms with Gasteiger partial charge < -0.3 is 10.0 Å². The average Bonchev–Trinajstić information content (AvgIpc) is 2.46. The number of rotatable bonds is 4. The maximum atomic E-state index is 11.2. The van der Waals surface area contributed by atoms with E-state index in [-0.39, 0.29) is 11.3 Å². The molecule has 7 nitrogen and oxygen atoms in total. The lowest BCUT2D eigenvalue weighted by atomic mass is 10.1. The molecule has 0 spiro atoms. The van der Waals surface area contributed by atoms with Crippen LogP contribution in [-0.2, 0) is 0 Å². The summed E-state index contributed by atoms with van der Waals surface area (Å²) in [7, 11) is 0. The summed E-state index contributed by atoms with van der Waals surface area (Å²) in [6.07, 6.45) is 0. The normalized spacial score (nSPS) is 19.5. The van der Waals surface area contributed by atoms with Crippen molar-refractivity contribution in [3.63, 3.8) is 0 Å². The Morgan fingerprint density at radius 3 is 2.71 bits per heavy atom. The Kier molecular flexibility index (Phi) is 4.42. The Bertz CT molecular complexity index is 561. The highest BCUT2D eigenvalue weighted by molar-refractivity contribution is 5.93. The van der Waals surface area contributed by atoms with Gasteiger partial charge in [-0.3, -0.25) is 15.0 Å². The van der Waals surface area contributed by atoms with Gasteiger partial charge in [0.25, 0.3) is 5.69 Å². The highest BCUT2D eigenvalue weighted by atomic mass is 16.6. The molecule has 1 N–H and O–H groups in total. The van der Waals surface area contributed by atoms with Crippen LogP contribution in [0.1, 0.15) is 24.2 Å². The molecule has 1 unspecified atom stereocenters. The number of carbonyl (C=O) groups is 1. The summed E-state index contributed by atoms with van der Waals surface area (Å²) in [6.45, 7) is 7.69. The molecule has 7 heteroatoms. The summed E-state index contributed by atoms with van der Waals surface area (Å²) in [4.78, 5) is 25.8. The van der Waals surface area contributed by atoms with Crippen molar-refractivity contribution in [2.45, 2.75) is 19.9 Å². The van der Waals surface area contributed by atoms with Gasteiger partial charge in [-0.2, -0.15) is 0 Å². The first-order valence-corrected chi connectivity index (χ1v) is 6.94. The number of carboxylic acid groups (broad SMARTS) is 1. The molecule has 0 aromatic heterocycles. The summed E-state index contributed by atoms with van der Waals surface area (Å²) in [5.74, 6) is -1.27. The van der Waals surface area contributed by atoms with Crippen LogP contribution in [0.15, 0.2) is 18.2 Å². The lowest BCUT2D eigenvalue weighted by Crippen LogP contribution is -2.51. The van der Waals surface area contributed by atoms with E-state index in [2.05, 4.69) is 23.6 Å². The maximum Gasteiger partial charge on any atom is 0.342 e. The van der Waals surface area contributed by atoms with E-state index < -0.39 is 10.9 Å². The number of benzene rings is 1. The molecule has 0 aliphatic carbocycles. The number of piperazine rings is 1. The number of likely N-dealkylation sites (N-methyl/N-ethyl adjacent to an activating group) is 1. The second kappa shape index (κ2) is 6.09. The third-order valence-corrected chi connectivity index (χ3v) is 3.94. The largest absolute Gasteiger partial charge is 0.477 e. The second-order valence-corrected chi connectivity index (χ2v) is 5.19. The lowest BCUT2D eigenvalue weighted by molar-refractivity contribution is -0.385. The van der Waals surface area contributed by atoms with E-state index >= 15 is 0 Å². The van der Waals surface area contributed by atoms with E-state index in [0.29, 0.717) is 6.04 Å². The molecule has 2 rings (SSSR count). The minimum Gasteiger partial charge on any atom is -0.477 e. The molecule has 21 heavy (non-hydrogen) atoms. The highest BCUT2D eigenvalue weighted by Crippen LogP contribution is 2.26. The van der Waals surface area contributed by atoms with Crippen LogP contribution in [0.2, 0.25) is 0 Å². The number of nitro benzene ring substituents is 1. The van der Waals surface area contributed by atoms with Crippen molar-refractivity contribution in [1.82, 2.24) is 4.90 Å². The predicted octanol–water partition coefficient (Wildman–Crippen LogP) is 1.82. The number of anilines is 1. The fraction of sp³-hybridized carbons (Fsp3) is 0.500. The van der Waals surface area contributed by atoms with Gasteiger partial charge in [0, 0.05) is 37.4 Å². The minimum atomic E-state index is -1.27. The Hall–Kier alpha value is -2.15. The van der Waals surface area contributed by atoms with E-state index in [0.717, 1.165) is 31.9 Å². The van der Waals surface area contributed by atoms with Gasteiger partial charge in [-0.15, -0.1) is 0 Å². The number of aromatic carboxylic acids is 1. The van der Waals surface area contributed by atoms with Crippen LogP contribution < -0.4 is 4.90 Å². The van der Waals surface area contributed by atoms with E-state index in [1.54, 1.807) is 6.07 Å². The van der Waals surface area contributed by atoms with Crippen LogP contribution in [0.3, 0.4) is 0 Å². The third kappa shape index (κ3) is 3.13. The standard InChI is InChI=1S/C14H19N3O4/c1-3-15-6-7-16(9-10(15)2)11-4-5-13(17(20)21)12(8-11)14(18)19/h4-5,8,10H,3,6-7,9H2,1-2H3,(H,18,19). The molecule has 0 radical (unpaired) electrons. The van der Waals surface area contributed by atoms with Crippen molar-refractivity contribution in [2.24, 2.45) is 0 Å². The molecular formula is C14H19N3O4. The summed E-state index contributed by atoms with van der Waals surface area (Å²) in [5.41, 5.74) is 0.0927. The average molecular weight is 293 g/mol. The number of nitrogens with zero attached hydrogens (tertiary/aromatic N) is 3. The Balaban J connectivity index is 2.27. The molecule has 1 fully saturated rings. The van der Waals surface area contributed by atoms with Gasteiger partial charge in [0.1, 0.15) is 5.56 Å². The van der Waals surface area contributed by atoms with Gasteiger partial charge in [0.2, 0.25) is 0 Å². The van der Waals surface area contributed by atoms with Crippen molar-refractivity contribution >= 4 is 17.3 Å². The fourth-order valence-corrected chi connectivity index (χ4v) is 2.75.